The summed E-state index contributed by atoms with van der Waals surface area (Å²) in [5.74, 6) is 1.41. The van der Waals surface area contributed by atoms with Gasteiger partial charge in [-0.15, -0.1) is 0 Å². The minimum Gasteiger partial charge on any atom is -0.478 e. The molecular formula is C19H26N4O3. The molecular weight excluding hydrogens is 332 g/mol. The number of urea groups is 1. The number of likely N-dealkylation sites (tertiary alicyclic amines) is 1. The fourth-order valence-electron chi connectivity index (χ4n) is 2.97. The number of nitrogens with one attached hydrogen (secondary N) is 2. The number of hydrogen-bond donors (Lipinski definition) is 2. The summed E-state index contributed by atoms with van der Waals surface area (Å²) in [4.78, 5) is 18.6. The van der Waals surface area contributed by atoms with Gasteiger partial charge in [0.1, 0.15) is 5.76 Å². The van der Waals surface area contributed by atoms with Gasteiger partial charge in [0.15, 0.2) is 0 Å². The summed E-state index contributed by atoms with van der Waals surface area (Å²) in [5.41, 5.74) is 1.15. The van der Waals surface area contributed by atoms with Gasteiger partial charge in [-0.25, -0.2) is 9.78 Å². The average Bonchev–Trinajstić information content (AvgIpc) is 3.31. The molecule has 0 bridgehead atoms. The number of nitrogens with zero attached hydrogens (tertiary/aromatic N) is 2. The Morgan fingerprint density at radius 1 is 1.42 bits per heavy atom. The minimum atomic E-state index is -0.160. The highest BCUT2D eigenvalue weighted by Crippen LogP contribution is 2.15. The SMILES string of the molecule is CCCOc1ccc(CN2CC[C@H](NC(=O)NCc3ccco3)C2)cn1. The average molecular weight is 358 g/mol. The summed E-state index contributed by atoms with van der Waals surface area (Å²) in [6, 6.07) is 7.61. The number of aromatic nitrogens is 1. The van der Waals surface area contributed by atoms with Crippen LogP contribution in [0, 0.1) is 0 Å². The number of furan rings is 1. The lowest BCUT2D eigenvalue weighted by Gasteiger charge is -2.17. The van der Waals surface area contributed by atoms with E-state index in [2.05, 4.69) is 33.5 Å². The number of pyridine rings is 1. The lowest BCUT2D eigenvalue weighted by atomic mass is 10.2. The fourth-order valence-corrected chi connectivity index (χ4v) is 2.97. The van der Waals surface area contributed by atoms with Gasteiger partial charge in [0.25, 0.3) is 0 Å². The van der Waals surface area contributed by atoms with Gasteiger partial charge in [-0.3, -0.25) is 4.90 Å². The predicted octanol–water partition coefficient (Wildman–Crippen LogP) is 2.54. The molecule has 7 heteroatoms. The molecule has 0 radical (unpaired) electrons. The molecule has 0 saturated carbocycles. The molecule has 0 aliphatic carbocycles. The normalized spacial score (nSPS) is 17.2. The van der Waals surface area contributed by atoms with E-state index in [0.29, 0.717) is 19.0 Å². The monoisotopic (exact) mass is 358 g/mol. The van der Waals surface area contributed by atoms with E-state index in [1.807, 2.05) is 18.3 Å². The molecule has 1 aliphatic heterocycles. The minimum absolute atomic E-state index is 0.159. The Kier molecular flexibility index (Phi) is 6.49. The third-order valence-corrected chi connectivity index (χ3v) is 4.27. The lowest BCUT2D eigenvalue weighted by molar-refractivity contribution is 0.234. The van der Waals surface area contributed by atoms with E-state index in [1.165, 1.54) is 0 Å². The summed E-state index contributed by atoms with van der Waals surface area (Å²) >= 11 is 0. The van der Waals surface area contributed by atoms with Crippen LogP contribution in [0.15, 0.2) is 41.1 Å². The number of ether oxygens (including phenoxy) is 1. The highest BCUT2D eigenvalue weighted by Gasteiger charge is 2.23. The highest BCUT2D eigenvalue weighted by molar-refractivity contribution is 5.74. The van der Waals surface area contributed by atoms with E-state index >= 15 is 0 Å². The van der Waals surface area contributed by atoms with Gasteiger partial charge < -0.3 is 19.8 Å². The van der Waals surface area contributed by atoms with E-state index in [9.17, 15) is 4.79 Å². The summed E-state index contributed by atoms with van der Waals surface area (Å²) in [7, 11) is 0. The van der Waals surface area contributed by atoms with Gasteiger partial charge in [0, 0.05) is 37.9 Å². The van der Waals surface area contributed by atoms with Gasteiger partial charge >= 0.3 is 6.03 Å². The zero-order valence-electron chi connectivity index (χ0n) is 15.1. The van der Waals surface area contributed by atoms with Crippen LogP contribution in [0.4, 0.5) is 4.79 Å². The smallest absolute Gasteiger partial charge is 0.315 e. The van der Waals surface area contributed by atoms with E-state index < -0.39 is 0 Å². The molecule has 26 heavy (non-hydrogen) atoms. The molecule has 0 spiro atoms. The molecule has 1 atom stereocenters. The quantitative estimate of drug-likeness (QED) is 0.758. The van der Waals surface area contributed by atoms with Crippen LogP contribution in [0.5, 0.6) is 5.88 Å². The first kappa shape index (κ1) is 18.3. The van der Waals surface area contributed by atoms with Gasteiger partial charge in [0.05, 0.1) is 19.4 Å². The Balaban J connectivity index is 1.38. The van der Waals surface area contributed by atoms with Crippen molar-refractivity contribution >= 4 is 6.03 Å². The van der Waals surface area contributed by atoms with Crippen molar-refractivity contribution in [1.29, 1.82) is 0 Å². The maximum atomic E-state index is 12.0. The van der Waals surface area contributed by atoms with Crippen LogP contribution >= 0.6 is 0 Å². The number of rotatable bonds is 8. The summed E-state index contributed by atoms with van der Waals surface area (Å²) < 4.78 is 10.7. The molecule has 3 rings (SSSR count). The second-order valence-electron chi connectivity index (χ2n) is 6.48. The highest BCUT2D eigenvalue weighted by atomic mass is 16.5. The Morgan fingerprint density at radius 2 is 2.35 bits per heavy atom. The Bertz CT molecular complexity index is 673. The first-order valence-electron chi connectivity index (χ1n) is 9.09. The summed E-state index contributed by atoms with van der Waals surface area (Å²) in [5, 5.41) is 5.83. The van der Waals surface area contributed by atoms with Crippen molar-refractivity contribution in [2.45, 2.75) is 38.9 Å². The van der Waals surface area contributed by atoms with Crippen molar-refractivity contribution in [3.63, 3.8) is 0 Å². The largest absolute Gasteiger partial charge is 0.478 e. The molecule has 1 aliphatic rings. The van der Waals surface area contributed by atoms with Gasteiger partial charge in [-0.1, -0.05) is 13.0 Å². The number of amides is 2. The van der Waals surface area contributed by atoms with E-state index in [4.69, 9.17) is 9.15 Å². The van der Waals surface area contributed by atoms with Crippen molar-refractivity contribution < 1.29 is 13.9 Å². The molecule has 0 aromatic carbocycles. The standard InChI is InChI=1S/C19H26N4O3/c1-2-9-26-18-6-5-15(11-20-18)13-23-8-7-16(14-23)22-19(24)21-12-17-4-3-10-25-17/h3-6,10-11,16H,2,7-9,12-14H2,1H3,(H2,21,22,24)/t16-/m0/s1. The first-order valence-corrected chi connectivity index (χ1v) is 9.09. The van der Waals surface area contributed by atoms with Gasteiger partial charge in [-0.2, -0.15) is 0 Å². The first-order chi connectivity index (χ1) is 12.7. The van der Waals surface area contributed by atoms with Crippen LogP contribution in [0.1, 0.15) is 31.1 Å². The van der Waals surface area contributed by atoms with E-state index in [1.54, 1.807) is 12.3 Å². The van der Waals surface area contributed by atoms with E-state index in [0.717, 1.165) is 43.8 Å². The zero-order chi connectivity index (χ0) is 18.2. The number of carbonyl (C=O) groups is 1. The number of carbonyl (C=O) groups excluding carboxylic acids is 1. The molecule has 0 unspecified atom stereocenters. The predicted molar refractivity (Wildman–Crippen MR) is 97.8 cm³/mol. The maximum Gasteiger partial charge on any atom is 0.315 e. The lowest BCUT2D eigenvalue weighted by Crippen LogP contribution is -2.43. The molecule has 7 nitrogen and oxygen atoms in total. The second-order valence-corrected chi connectivity index (χ2v) is 6.48. The second kappa shape index (κ2) is 9.24. The molecule has 2 amide bonds. The van der Waals surface area contributed by atoms with Gasteiger partial charge in [-0.05, 0) is 30.5 Å². The fraction of sp³-hybridized carbons (Fsp3) is 0.474. The van der Waals surface area contributed by atoms with Crippen molar-refractivity contribution in [2.75, 3.05) is 19.7 Å². The zero-order valence-corrected chi connectivity index (χ0v) is 15.1. The van der Waals surface area contributed by atoms with Crippen LogP contribution in [-0.2, 0) is 13.1 Å². The Morgan fingerprint density at radius 3 is 3.08 bits per heavy atom. The molecule has 2 N–H and O–H groups in total. The van der Waals surface area contributed by atoms with Gasteiger partial charge in [0.2, 0.25) is 5.88 Å². The Labute approximate surface area is 153 Å². The van der Waals surface area contributed by atoms with Crippen LogP contribution in [-0.4, -0.2) is 41.7 Å². The van der Waals surface area contributed by atoms with Crippen LogP contribution in [0.25, 0.3) is 0 Å². The van der Waals surface area contributed by atoms with Crippen molar-refractivity contribution in [1.82, 2.24) is 20.5 Å². The van der Waals surface area contributed by atoms with Crippen molar-refractivity contribution in [3.05, 3.63) is 48.0 Å². The topological polar surface area (TPSA) is 79.6 Å². The van der Waals surface area contributed by atoms with Crippen LogP contribution in [0.3, 0.4) is 0 Å². The molecule has 1 saturated heterocycles. The molecule has 2 aromatic heterocycles. The Hall–Kier alpha value is -2.54. The third kappa shape index (κ3) is 5.49. The number of hydrogen-bond acceptors (Lipinski definition) is 5. The molecule has 140 valence electrons. The van der Waals surface area contributed by atoms with E-state index in [-0.39, 0.29) is 12.1 Å². The maximum absolute atomic E-state index is 12.0. The summed E-state index contributed by atoms with van der Waals surface area (Å²) in [6.45, 7) is 5.78. The van der Waals surface area contributed by atoms with Crippen molar-refractivity contribution in [2.24, 2.45) is 0 Å². The summed E-state index contributed by atoms with van der Waals surface area (Å²) in [6.07, 6.45) is 5.38. The third-order valence-electron chi connectivity index (χ3n) is 4.27. The van der Waals surface area contributed by atoms with Crippen molar-refractivity contribution in [3.8, 4) is 5.88 Å². The molecule has 2 aromatic rings. The molecule has 3 heterocycles. The van der Waals surface area contributed by atoms with Crippen LogP contribution in [0.2, 0.25) is 0 Å². The molecule has 1 fully saturated rings. The van der Waals surface area contributed by atoms with Crippen LogP contribution < -0.4 is 15.4 Å².